The van der Waals surface area contributed by atoms with E-state index in [-0.39, 0.29) is 6.54 Å². The van der Waals surface area contributed by atoms with Gasteiger partial charge in [0.25, 0.3) is 0 Å². The maximum atomic E-state index is 10.8. The highest BCUT2D eigenvalue weighted by Crippen LogP contribution is 1.91. The first-order valence-corrected chi connectivity index (χ1v) is 3.83. The number of nitrogens with zero attached hydrogens (tertiary/aromatic N) is 2. The summed E-state index contributed by atoms with van der Waals surface area (Å²) >= 11 is 0. The molecule has 0 N–H and O–H groups in total. The summed E-state index contributed by atoms with van der Waals surface area (Å²) in [5, 5.41) is 11.3. The van der Waals surface area contributed by atoms with Crippen LogP contribution in [0.3, 0.4) is 0 Å². The van der Waals surface area contributed by atoms with Crippen molar-refractivity contribution in [2.24, 2.45) is 0 Å². The molecule has 0 radical (unpaired) electrons. The Hall–Kier alpha value is -0.870. The quantitative estimate of drug-likeness (QED) is 0.445. The number of hydroxylamine groups is 2. The fourth-order valence-corrected chi connectivity index (χ4v) is 0.743. The van der Waals surface area contributed by atoms with Crippen LogP contribution in [-0.2, 0) is 4.79 Å². The molecule has 0 fully saturated rings. The second-order valence-corrected chi connectivity index (χ2v) is 2.80. The molecule has 0 aromatic rings. The maximum Gasteiger partial charge on any atom is 0.235 e. The lowest BCUT2D eigenvalue weighted by Crippen LogP contribution is -2.26. The predicted octanol–water partition coefficient (Wildman–Crippen LogP) is 0.450. The van der Waals surface area contributed by atoms with E-state index in [9.17, 15) is 10.0 Å². The minimum Gasteiger partial charge on any atom is -0.756 e. The topological polar surface area (TPSA) is 46.6 Å². The Balaban J connectivity index is 3.50. The van der Waals surface area contributed by atoms with E-state index in [0.717, 1.165) is 12.6 Å². The van der Waals surface area contributed by atoms with Gasteiger partial charge in [-0.25, -0.2) is 0 Å². The third-order valence-corrected chi connectivity index (χ3v) is 1.39. The van der Waals surface area contributed by atoms with E-state index in [1.165, 1.54) is 0 Å². The molecule has 70 valence electrons. The normalized spacial score (nSPS) is 10.0. The molecular formula is C8H15N2O2-. The summed E-state index contributed by atoms with van der Waals surface area (Å²) in [5.41, 5.74) is 0. The van der Waals surface area contributed by atoms with E-state index in [1.54, 1.807) is 0 Å². The second kappa shape index (κ2) is 5.74. The van der Waals surface area contributed by atoms with Crippen molar-refractivity contribution in [1.82, 2.24) is 9.96 Å². The van der Waals surface area contributed by atoms with Crippen molar-refractivity contribution in [3.8, 4) is 0 Å². The minimum atomic E-state index is -0.561. The van der Waals surface area contributed by atoms with Gasteiger partial charge in [0.05, 0.1) is 0 Å². The lowest BCUT2D eigenvalue weighted by atomic mass is 10.4. The van der Waals surface area contributed by atoms with E-state index >= 15 is 0 Å². The van der Waals surface area contributed by atoms with E-state index in [0.29, 0.717) is 11.5 Å². The molecule has 0 aliphatic carbocycles. The van der Waals surface area contributed by atoms with Gasteiger partial charge in [-0.2, -0.15) is 0 Å². The van der Waals surface area contributed by atoms with Crippen molar-refractivity contribution >= 4 is 5.91 Å². The van der Waals surface area contributed by atoms with Gasteiger partial charge in [0.1, 0.15) is 0 Å². The first-order valence-electron chi connectivity index (χ1n) is 3.83. The van der Waals surface area contributed by atoms with E-state index in [4.69, 9.17) is 0 Å². The van der Waals surface area contributed by atoms with Crippen LogP contribution in [0.2, 0.25) is 0 Å². The van der Waals surface area contributed by atoms with Gasteiger partial charge < -0.3 is 15.2 Å². The Morgan fingerprint density at radius 2 is 2.08 bits per heavy atom. The number of amides is 1. The third-order valence-electron chi connectivity index (χ3n) is 1.39. The van der Waals surface area contributed by atoms with E-state index in [1.807, 2.05) is 19.0 Å². The molecule has 0 spiro atoms. The van der Waals surface area contributed by atoms with Crippen LogP contribution in [0.1, 0.15) is 6.42 Å². The SMILES string of the molecule is C=CC(=O)N([O-])CCCN(C)C. The molecule has 0 aliphatic heterocycles. The van der Waals surface area contributed by atoms with Gasteiger partial charge in [0, 0.05) is 6.54 Å². The lowest BCUT2D eigenvalue weighted by Gasteiger charge is -2.27. The highest BCUT2D eigenvalue weighted by atomic mass is 16.5. The maximum absolute atomic E-state index is 10.8. The van der Waals surface area contributed by atoms with Crippen LogP contribution in [-0.4, -0.2) is 43.1 Å². The number of carbonyl (C=O) groups is 1. The van der Waals surface area contributed by atoms with Gasteiger partial charge in [0.15, 0.2) is 0 Å². The molecular weight excluding hydrogens is 156 g/mol. The van der Waals surface area contributed by atoms with Gasteiger partial charge in [-0.3, -0.25) is 4.79 Å². The van der Waals surface area contributed by atoms with Crippen molar-refractivity contribution in [2.45, 2.75) is 6.42 Å². The van der Waals surface area contributed by atoms with Gasteiger partial charge in [-0.05, 0) is 33.1 Å². The Morgan fingerprint density at radius 1 is 1.50 bits per heavy atom. The van der Waals surface area contributed by atoms with Gasteiger partial charge in [-0.15, -0.1) is 0 Å². The third kappa shape index (κ3) is 4.87. The Kier molecular flexibility index (Phi) is 5.32. The van der Waals surface area contributed by atoms with E-state index < -0.39 is 5.91 Å². The minimum absolute atomic E-state index is 0.239. The summed E-state index contributed by atoms with van der Waals surface area (Å²) in [7, 11) is 3.84. The molecule has 0 aromatic carbocycles. The highest BCUT2D eigenvalue weighted by Gasteiger charge is 1.97. The summed E-state index contributed by atoms with van der Waals surface area (Å²) < 4.78 is 0. The highest BCUT2D eigenvalue weighted by molar-refractivity contribution is 5.87. The number of carbonyl (C=O) groups excluding carboxylic acids is 1. The first kappa shape index (κ1) is 11.1. The summed E-state index contributed by atoms with van der Waals surface area (Å²) in [6.45, 7) is 4.27. The molecule has 0 heterocycles. The first-order chi connectivity index (χ1) is 5.57. The molecule has 0 aliphatic rings. The Bertz CT molecular complexity index is 157. The molecule has 0 aromatic heterocycles. The van der Waals surface area contributed by atoms with Crippen LogP contribution in [0.25, 0.3) is 0 Å². The smallest absolute Gasteiger partial charge is 0.235 e. The number of rotatable bonds is 5. The monoisotopic (exact) mass is 171 g/mol. The lowest BCUT2D eigenvalue weighted by molar-refractivity contribution is -0.123. The van der Waals surface area contributed by atoms with Crippen molar-refractivity contribution in [2.75, 3.05) is 27.2 Å². The zero-order valence-electron chi connectivity index (χ0n) is 7.62. The van der Waals surface area contributed by atoms with Crippen LogP contribution in [0.15, 0.2) is 12.7 Å². The fraction of sp³-hybridized carbons (Fsp3) is 0.625. The van der Waals surface area contributed by atoms with Crippen LogP contribution >= 0.6 is 0 Å². The van der Waals surface area contributed by atoms with Crippen molar-refractivity contribution in [3.63, 3.8) is 0 Å². The molecule has 4 nitrogen and oxygen atoms in total. The van der Waals surface area contributed by atoms with Gasteiger partial charge in [-0.1, -0.05) is 6.58 Å². The molecule has 1 amide bonds. The van der Waals surface area contributed by atoms with Crippen molar-refractivity contribution in [1.29, 1.82) is 0 Å². The summed E-state index contributed by atoms with van der Waals surface area (Å²) in [6, 6.07) is 0. The largest absolute Gasteiger partial charge is 0.756 e. The van der Waals surface area contributed by atoms with Gasteiger partial charge >= 0.3 is 0 Å². The van der Waals surface area contributed by atoms with E-state index in [2.05, 4.69) is 6.58 Å². The molecule has 0 rings (SSSR count). The summed E-state index contributed by atoms with van der Waals surface area (Å²) in [6.07, 6.45) is 1.72. The Morgan fingerprint density at radius 3 is 2.50 bits per heavy atom. The predicted molar refractivity (Wildman–Crippen MR) is 48.4 cm³/mol. The zero-order chi connectivity index (χ0) is 9.56. The van der Waals surface area contributed by atoms with Crippen LogP contribution in [0.4, 0.5) is 0 Å². The number of hydrogen-bond donors (Lipinski definition) is 0. The average Bonchev–Trinajstić information content (AvgIpc) is 2.02. The van der Waals surface area contributed by atoms with Crippen molar-refractivity contribution < 1.29 is 4.79 Å². The standard InChI is InChI=1S/C8H15N2O2/c1-4-8(11)10(12)7-5-6-9(2)3/h4H,1,5-7H2,2-3H3/q-1. The zero-order valence-corrected chi connectivity index (χ0v) is 7.62. The molecule has 0 saturated carbocycles. The van der Waals surface area contributed by atoms with Crippen LogP contribution < -0.4 is 0 Å². The van der Waals surface area contributed by atoms with Crippen LogP contribution in [0.5, 0.6) is 0 Å². The van der Waals surface area contributed by atoms with Crippen molar-refractivity contribution in [3.05, 3.63) is 17.9 Å². The van der Waals surface area contributed by atoms with Gasteiger partial charge in [0.2, 0.25) is 5.91 Å². The molecule has 4 heteroatoms. The summed E-state index contributed by atoms with van der Waals surface area (Å²) in [4.78, 5) is 12.6. The second-order valence-electron chi connectivity index (χ2n) is 2.80. The Labute approximate surface area is 73.0 Å². The fourth-order valence-electron chi connectivity index (χ4n) is 0.743. The average molecular weight is 171 g/mol. The number of hydrogen-bond acceptors (Lipinski definition) is 3. The summed E-state index contributed by atoms with van der Waals surface area (Å²) in [5.74, 6) is -0.561. The van der Waals surface area contributed by atoms with Crippen LogP contribution in [0, 0.1) is 5.21 Å². The molecule has 0 unspecified atom stereocenters. The molecule has 12 heavy (non-hydrogen) atoms. The molecule has 0 saturated heterocycles. The molecule has 0 bridgehead atoms. The molecule has 0 atom stereocenters.